The number of carbonyl (C=O) groups is 2. The SMILES string of the molecule is CCOc1ccc(C(O)=C2C(=O)C(=O)N(CCOCCO)[C@@H]2c2ccc(C(C)C)cc2)cc1. The first-order valence-electron chi connectivity index (χ1n) is 11.2. The first kappa shape index (κ1) is 24.5. The zero-order valence-corrected chi connectivity index (χ0v) is 19.3. The van der Waals surface area contributed by atoms with Crippen molar-refractivity contribution in [2.45, 2.75) is 32.7 Å². The van der Waals surface area contributed by atoms with Gasteiger partial charge in [-0.25, -0.2) is 0 Å². The lowest BCUT2D eigenvalue weighted by Crippen LogP contribution is -2.33. The highest BCUT2D eigenvalue weighted by Crippen LogP contribution is 2.39. The smallest absolute Gasteiger partial charge is 0.295 e. The van der Waals surface area contributed by atoms with Crippen molar-refractivity contribution < 1.29 is 29.3 Å². The van der Waals surface area contributed by atoms with Gasteiger partial charge in [0.1, 0.15) is 11.5 Å². The molecule has 1 atom stereocenters. The zero-order valence-electron chi connectivity index (χ0n) is 19.3. The number of ether oxygens (including phenoxy) is 2. The van der Waals surface area contributed by atoms with Crippen LogP contribution < -0.4 is 4.74 Å². The molecule has 1 fully saturated rings. The van der Waals surface area contributed by atoms with Gasteiger partial charge in [-0.05, 0) is 48.2 Å². The van der Waals surface area contributed by atoms with Gasteiger partial charge >= 0.3 is 0 Å². The Morgan fingerprint density at radius 1 is 1.03 bits per heavy atom. The Kier molecular flexibility index (Phi) is 8.25. The number of aliphatic hydroxyl groups excluding tert-OH is 2. The lowest BCUT2D eigenvalue weighted by Gasteiger charge is -2.25. The van der Waals surface area contributed by atoms with Gasteiger partial charge in [-0.3, -0.25) is 9.59 Å². The fourth-order valence-corrected chi connectivity index (χ4v) is 3.88. The van der Waals surface area contributed by atoms with E-state index in [9.17, 15) is 14.7 Å². The Balaban J connectivity index is 2.03. The number of benzene rings is 2. The van der Waals surface area contributed by atoms with Crippen LogP contribution in [0.2, 0.25) is 0 Å². The molecule has 176 valence electrons. The van der Waals surface area contributed by atoms with E-state index in [1.54, 1.807) is 24.3 Å². The van der Waals surface area contributed by atoms with Gasteiger partial charge in [0.05, 0.1) is 38.0 Å². The Labute approximate surface area is 194 Å². The number of Topliss-reactive ketones (excluding diaryl/α,β-unsaturated/α-hetero) is 1. The van der Waals surface area contributed by atoms with E-state index in [0.717, 1.165) is 11.1 Å². The monoisotopic (exact) mass is 453 g/mol. The van der Waals surface area contributed by atoms with Crippen LogP contribution in [0, 0.1) is 0 Å². The number of amides is 1. The maximum absolute atomic E-state index is 13.0. The maximum Gasteiger partial charge on any atom is 0.295 e. The molecule has 33 heavy (non-hydrogen) atoms. The van der Waals surface area contributed by atoms with Crippen LogP contribution in [0.15, 0.2) is 54.1 Å². The van der Waals surface area contributed by atoms with E-state index in [4.69, 9.17) is 14.6 Å². The molecule has 3 rings (SSSR count). The summed E-state index contributed by atoms with van der Waals surface area (Å²) in [4.78, 5) is 27.4. The number of carbonyl (C=O) groups excluding carboxylic acids is 2. The summed E-state index contributed by atoms with van der Waals surface area (Å²) in [7, 11) is 0. The molecule has 1 saturated heterocycles. The Morgan fingerprint density at radius 3 is 2.27 bits per heavy atom. The normalized spacial score (nSPS) is 17.7. The summed E-state index contributed by atoms with van der Waals surface area (Å²) in [5.41, 5.74) is 2.34. The summed E-state index contributed by atoms with van der Waals surface area (Å²) in [6, 6.07) is 13.7. The number of likely N-dealkylation sites (tertiary alicyclic amines) is 1. The number of aliphatic hydroxyl groups is 2. The molecule has 0 bridgehead atoms. The van der Waals surface area contributed by atoms with Gasteiger partial charge < -0.3 is 24.6 Å². The van der Waals surface area contributed by atoms with Gasteiger partial charge in [-0.1, -0.05) is 38.1 Å². The molecule has 1 heterocycles. The fraction of sp³-hybridized carbons (Fsp3) is 0.385. The third-order valence-electron chi connectivity index (χ3n) is 5.61. The summed E-state index contributed by atoms with van der Waals surface area (Å²) >= 11 is 0. The molecule has 0 aliphatic carbocycles. The van der Waals surface area contributed by atoms with E-state index in [2.05, 4.69) is 13.8 Å². The van der Waals surface area contributed by atoms with Crippen LogP contribution in [0.4, 0.5) is 0 Å². The highest BCUT2D eigenvalue weighted by molar-refractivity contribution is 6.46. The Bertz CT molecular complexity index is 994. The van der Waals surface area contributed by atoms with Crippen molar-refractivity contribution in [3.05, 3.63) is 70.8 Å². The molecular weight excluding hydrogens is 422 g/mol. The third-order valence-corrected chi connectivity index (χ3v) is 5.61. The number of rotatable bonds is 10. The van der Waals surface area contributed by atoms with E-state index >= 15 is 0 Å². The average Bonchev–Trinajstić information content (AvgIpc) is 3.07. The van der Waals surface area contributed by atoms with Crippen LogP contribution in [0.25, 0.3) is 5.76 Å². The van der Waals surface area contributed by atoms with Crippen molar-refractivity contribution in [3.63, 3.8) is 0 Å². The molecule has 1 aliphatic heterocycles. The third kappa shape index (κ3) is 5.43. The summed E-state index contributed by atoms with van der Waals surface area (Å²) in [6.07, 6.45) is 0. The topological polar surface area (TPSA) is 96.3 Å². The minimum Gasteiger partial charge on any atom is -0.507 e. The zero-order chi connectivity index (χ0) is 24.0. The van der Waals surface area contributed by atoms with Crippen molar-refractivity contribution in [1.29, 1.82) is 0 Å². The van der Waals surface area contributed by atoms with E-state index in [1.807, 2.05) is 31.2 Å². The van der Waals surface area contributed by atoms with Crippen LogP contribution in [0.5, 0.6) is 5.75 Å². The highest BCUT2D eigenvalue weighted by Gasteiger charge is 2.45. The molecule has 2 aromatic rings. The van der Waals surface area contributed by atoms with Crippen LogP contribution in [-0.4, -0.2) is 59.8 Å². The molecule has 0 radical (unpaired) electrons. The second-order valence-corrected chi connectivity index (χ2v) is 8.11. The Hall–Kier alpha value is -3.16. The van der Waals surface area contributed by atoms with E-state index in [-0.39, 0.29) is 37.7 Å². The highest BCUT2D eigenvalue weighted by atomic mass is 16.5. The van der Waals surface area contributed by atoms with Gasteiger partial charge in [0.25, 0.3) is 11.7 Å². The first-order valence-corrected chi connectivity index (χ1v) is 11.2. The second kappa shape index (κ2) is 11.1. The minimum atomic E-state index is -0.740. The quantitative estimate of drug-likeness (QED) is 0.247. The number of hydrogen-bond acceptors (Lipinski definition) is 6. The van der Waals surface area contributed by atoms with E-state index < -0.39 is 17.7 Å². The summed E-state index contributed by atoms with van der Waals surface area (Å²) in [5, 5.41) is 20.0. The summed E-state index contributed by atoms with van der Waals surface area (Å²) in [5.74, 6) is -0.667. The standard InChI is InChI=1S/C26H31NO6/c1-4-33-21-11-9-20(10-12-21)24(29)22-23(19-7-5-18(6-8-19)17(2)3)27(26(31)25(22)30)13-15-32-16-14-28/h5-12,17,23,28-29H,4,13-16H2,1-3H3/t23-/m1/s1. The second-order valence-electron chi connectivity index (χ2n) is 8.11. The van der Waals surface area contributed by atoms with Crippen molar-refractivity contribution in [2.75, 3.05) is 33.0 Å². The van der Waals surface area contributed by atoms with Crippen LogP contribution in [0.1, 0.15) is 49.4 Å². The van der Waals surface area contributed by atoms with Crippen molar-refractivity contribution in [1.82, 2.24) is 4.90 Å². The van der Waals surface area contributed by atoms with Gasteiger partial charge in [-0.2, -0.15) is 0 Å². The van der Waals surface area contributed by atoms with Crippen LogP contribution in [-0.2, 0) is 14.3 Å². The van der Waals surface area contributed by atoms with Gasteiger partial charge in [0, 0.05) is 12.1 Å². The molecule has 0 saturated carbocycles. The van der Waals surface area contributed by atoms with Crippen LogP contribution >= 0.6 is 0 Å². The largest absolute Gasteiger partial charge is 0.507 e. The molecule has 0 spiro atoms. The molecule has 0 aromatic heterocycles. The van der Waals surface area contributed by atoms with E-state index in [1.165, 1.54) is 4.90 Å². The van der Waals surface area contributed by atoms with Crippen molar-refractivity contribution in [2.24, 2.45) is 0 Å². The van der Waals surface area contributed by atoms with Crippen molar-refractivity contribution in [3.8, 4) is 5.75 Å². The summed E-state index contributed by atoms with van der Waals surface area (Å²) in [6.45, 7) is 6.90. The van der Waals surface area contributed by atoms with E-state index in [0.29, 0.717) is 23.8 Å². The predicted octanol–water partition coefficient (Wildman–Crippen LogP) is 3.64. The molecule has 2 aromatic carbocycles. The van der Waals surface area contributed by atoms with Gasteiger partial charge in [0.2, 0.25) is 0 Å². The first-order chi connectivity index (χ1) is 15.9. The van der Waals surface area contributed by atoms with Crippen LogP contribution in [0.3, 0.4) is 0 Å². The number of nitrogens with zero attached hydrogens (tertiary/aromatic N) is 1. The van der Waals surface area contributed by atoms with Gasteiger partial charge in [0.15, 0.2) is 0 Å². The molecule has 0 unspecified atom stereocenters. The minimum absolute atomic E-state index is 0.0450. The molecule has 1 amide bonds. The molecule has 7 nitrogen and oxygen atoms in total. The lowest BCUT2D eigenvalue weighted by molar-refractivity contribution is -0.140. The van der Waals surface area contributed by atoms with Gasteiger partial charge in [-0.15, -0.1) is 0 Å². The lowest BCUT2D eigenvalue weighted by atomic mass is 9.93. The number of hydrogen-bond donors (Lipinski definition) is 2. The molecule has 2 N–H and O–H groups in total. The predicted molar refractivity (Wildman–Crippen MR) is 125 cm³/mol. The van der Waals surface area contributed by atoms with Crippen molar-refractivity contribution >= 4 is 17.4 Å². The Morgan fingerprint density at radius 2 is 1.70 bits per heavy atom. The molecule has 7 heteroatoms. The maximum atomic E-state index is 13.0. The number of ketones is 1. The average molecular weight is 454 g/mol. The fourth-order valence-electron chi connectivity index (χ4n) is 3.88. The summed E-state index contributed by atoms with van der Waals surface area (Å²) < 4.78 is 10.8. The molecule has 1 aliphatic rings. The molecular formula is C26H31NO6.